The molecule has 0 saturated carbocycles. The molecular formula is C17H27N4O2S+. The van der Waals surface area contributed by atoms with Gasteiger partial charge < -0.3 is 19.7 Å². The Morgan fingerprint density at radius 3 is 2.83 bits per heavy atom. The van der Waals surface area contributed by atoms with Crippen molar-refractivity contribution in [2.45, 2.75) is 13.3 Å². The molecule has 1 aliphatic heterocycles. The van der Waals surface area contributed by atoms with Crippen LogP contribution in [0.5, 0.6) is 5.75 Å². The Bertz CT molecular complexity index is 559. The zero-order valence-electron chi connectivity index (χ0n) is 14.4. The highest BCUT2D eigenvalue weighted by molar-refractivity contribution is 7.80. The maximum Gasteiger partial charge on any atom is 0.187 e. The molecule has 1 aromatic rings. The molecule has 0 aromatic heterocycles. The molecule has 0 aliphatic carbocycles. The molecule has 24 heavy (non-hydrogen) atoms. The number of nitrogens with one attached hydrogen (secondary N) is 3. The second-order valence-electron chi connectivity index (χ2n) is 5.82. The minimum absolute atomic E-state index is 0.557. The number of hydrogen-bond donors (Lipinski definition) is 3. The summed E-state index contributed by atoms with van der Waals surface area (Å²) < 4.78 is 10.7. The molecule has 1 fully saturated rings. The van der Waals surface area contributed by atoms with Crippen molar-refractivity contribution in [2.75, 3.05) is 46.5 Å². The van der Waals surface area contributed by atoms with Crippen molar-refractivity contribution >= 4 is 23.0 Å². The fraction of sp³-hybridized carbons (Fsp3) is 0.529. The molecule has 0 radical (unpaired) electrons. The highest BCUT2D eigenvalue weighted by Gasteiger charge is 2.12. The molecule has 0 amide bonds. The van der Waals surface area contributed by atoms with E-state index in [9.17, 15) is 0 Å². The molecule has 0 unspecified atom stereocenters. The lowest BCUT2D eigenvalue weighted by Crippen LogP contribution is -3.14. The average molecular weight is 351 g/mol. The lowest BCUT2D eigenvalue weighted by Gasteiger charge is -2.23. The van der Waals surface area contributed by atoms with Gasteiger partial charge >= 0.3 is 0 Å². The second kappa shape index (κ2) is 10.2. The van der Waals surface area contributed by atoms with Gasteiger partial charge in [-0.25, -0.2) is 0 Å². The van der Waals surface area contributed by atoms with Gasteiger partial charge in [0.15, 0.2) is 5.11 Å². The Hall–Kier alpha value is -1.70. The smallest absolute Gasteiger partial charge is 0.187 e. The number of para-hydroxylation sites is 1. The van der Waals surface area contributed by atoms with Gasteiger partial charge in [-0.3, -0.25) is 5.43 Å². The Labute approximate surface area is 149 Å². The van der Waals surface area contributed by atoms with Crippen molar-refractivity contribution in [3.05, 3.63) is 29.8 Å². The zero-order valence-corrected chi connectivity index (χ0v) is 15.2. The number of thiocarbonyl (C=S) groups is 1. The highest BCUT2D eigenvalue weighted by Crippen LogP contribution is 2.17. The quantitative estimate of drug-likeness (QED) is 0.367. The SMILES string of the molecule is COc1ccccc1C/C(C)=N\NC(=S)NCC[NH+]1CCOCC1. The summed E-state index contributed by atoms with van der Waals surface area (Å²) >= 11 is 5.26. The molecule has 1 aromatic carbocycles. The summed E-state index contributed by atoms with van der Waals surface area (Å²) in [6.07, 6.45) is 0.720. The van der Waals surface area contributed by atoms with Gasteiger partial charge in [-0.2, -0.15) is 5.10 Å². The van der Waals surface area contributed by atoms with E-state index < -0.39 is 0 Å². The molecule has 1 aliphatic rings. The largest absolute Gasteiger partial charge is 0.496 e. The van der Waals surface area contributed by atoms with E-state index in [0.29, 0.717) is 5.11 Å². The van der Waals surface area contributed by atoms with Crippen molar-refractivity contribution in [1.82, 2.24) is 10.7 Å². The van der Waals surface area contributed by atoms with Gasteiger partial charge in [-0.15, -0.1) is 0 Å². The summed E-state index contributed by atoms with van der Waals surface area (Å²) in [5.41, 5.74) is 4.97. The Morgan fingerprint density at radius 2 is 2.08 bits per heavy atom. The number of benzene rings is 1. The van der Waals surface area contributed by atoms with Crippen LogP contribution in [0.1, 0.15) is 12.5 Å². The predicted octanol–water partition coefficient (Wildman–Crippen LogP) is -0.00720. The fourth-order valence-electron chi connectivity index (χ4n) is 2.61. The number of methoxy groups -OCH3 is 1. The zero-order chi connectivity index (χ0) is 17.2. The number of hydrazone groups is 1. The van der Waals surface area contributed by atoms with Crippen molar-refractivity contribution in [3.8, 4) is 5.75 Å². The van der Waals surface area contributed by atoms with Crippen molar-refractivity contribution in [3.63, 3.8) is 0 Å². The first-order valence-corrected chi connectivity index (χ1v) is 8.70. The van der Waals surface area contributed by atoms with E-state index in [0.717, 1.165) is 62.8 Å². The van der Waals surface area contributed by atoms with E-state index >= 15 is 0 Å². The first kappa shape index (κ1) is 18.6. The third-order valence-electron chi connectivity index (χ3n) is 3.95. The molecule has 2 rings (SSSR count). The lowest BCUT2D eigenvalue weighted by atomic mass is 10.1. The van der Waals surface area contributed by atoms with Gasteiger partial charge in [0.2, 0.25) is 0 Å². The topological polar surface area (TPSA) is 59.3 Å². The van der Waals surface area contributed by atoms with E-state index in [1.165, 1.54) is 0 Å². The molecule has 132 valence electrons. The molecule has 3 N–H and O–H groups in total. The second-order valence-corrected chi connectivity index (χ2v) is 6.22. The van der Waals surface area contributed by atoms with Crippen LogP contribution in [0.15, 0.2) is 29.4 Å². The van der Waals surface area contributed by atoms with Crippen LogP contribution in [0.4, 0.5) is 0 Å². The number of nitrogens with zero attached hydrogens (tertiary/aromatic N) is 1. The van der Waals surface area contributed by atoms with E-state index in [4.69, 9.17) is 21.7 Å². The van der Waals surface area contributed by atoms with Gasteiger partial charge in [0, 0.05) is 12.1 Å². The third-order valence-corrected chi connectivity index (χ3v) is 4.19. The van der Waals surface area contributed by atoms with E-state index in [1.807, 2.05) is 31.2 Å². The van der Waals surface area contributed by atoms with Gasteiger partial charge in [0.25, 0.3) is 0 Å². The lowest BCUT2D eigenvalue weighted by molar-refractivity contribution is -0.906. The summed E-state index contributed by atoms with van der Waals surface area (Å²) in [4.78, 5) is 1.55. The number of ether oxygens (including phenoxy) is 2. The molecule has 1 heterocycles. The van der Waals surface area contributed by atoms with Gasteiger partial charge in [-0.05, 0) is 30.8 Å². The predicted molar refractivity (Wildman–Crippen MR) is 99.9 cm³/mol. The molecule has 7 heteroatoms. The Balaban J connectivity index is 1.70. The van der Waals surface area contributed by atoms with Crippen molar-refractivity contribution in [2.24, 2.45) is 5.10 Å². The Morgan fingerprint density at radius 1 is 1.33 bits per heavy atom. The maximum absolute atomic E-state index is 5.36. The summed E-state index contributed by atoms with van der Waals surface area (Å²) in [6, 6.07) is 7.96. The summed E-state index contributed by atoms with van der Waals surface area (Å²) in [6.45, 7) is 7.68. The standard InChI is InChI=1S/C17H26N4O2S/c1-14(13-15-5-3-4-6-16(15)22-2)19-20-17(24)18-7-8-21-9-11-23-12-10-21/h3-6H,7-13H2,1-2H3,(H2,18,20,24)/p+1/b19-14-. The van der Waals surface area contributed by atoms with Crippen LogP contribution in [-0.2, 0) is 11.2 Å². The molecule has 0 spiro atoms. The van der Waals surface area contributed by atoms with Crippen molar-refractivity contribution < 1.29 is 14.4 Å². The van der Waals surface area contributed by atoms with Crippen LogP contribution < -0.4 is 20.4 Å². The van der Waals surface area contributed by atoms with Crippen LogP contribution >= 0.6 is 12.2 Å². The van der Waals surface area contributed by atoms with Gasteiger partial charge in [-0.1, -0.05) is 18.2 Å². The normalized spacial score (nSPS) is 15.8. The fourth-order valence-corrected chi connectivity index (χ4v) is 2.76. The van der Waals surface area contributed by atoms with E-state index in [-0.39, 0.29) is 0 Å². The molecule has 0 bridgehead atoms. The average Bonchev–Trinajstić information content (AvgIpc) is 2.61. The van der Waals surface area contributed by atoms with Crippen LogP contribution in [0.3, 0.4) is 0 Å². The van der Waals surface area contributed by atoms with Crippen LogP contribution in [-0.4, -0.2) is 57.3 Å². The van der Waals surface area contributed by atoms with Crippen LogP contribution in [0.25, 0.3) is 0 Å². The van der Waals surface area contributed by atoms with Crippen LogP contribution in [0.2, 0.25) is 0 Å². The maximum atomic E-state index is 5.36. The Kier molecular flexibility index (Phi) is 7.94. The minimum Gasteiger partial charge on any atom is -0.496 e. The number of rotatable bonds is 7. The number of morpholine rings is 1. The van der Waals surface area contributed by atoms with Gasteiger partial charge in [0.1, 0.15) is 18.8 Å². The highest BCUT2D eigenvalue weighted by atomic mass is 32.1. The monoisotopic (exact) mass is 351 g/mol. The van der Waals surface area contributed by atoms with Crippen molar-refractivity contribution in [1.29, 1.82) is 0 Å². The first-order chi connectivity index (χ1) is 11.7. The molecule has 1 saturated heterocycles. The van der Waals surface area contributed by atoms with Crippen LogP contribution in [0, 0.1) is 0 Å². The number of quaternary nitrogens is 1. The third kappa shape index (κ3) is 6.43. The molecular weight excluding hydrogens is 324 g/mol. The summed E-state index contributed by atoms with van der Waals surface area (Å²) in [5.74, 6) is 0.876. The molecule has 6 nitrogen and oxygen atoms in total. The van der Waals surface area contributed by atoms with Gasteiger partial charge in [0.05, 0.1) is 33.4 Å². The van der Waals surface area contributed by atoms with E-state index in [1.54, 1.807) is 12.0 Å². The van der Waals surface area contributed by atoms with E-state index in [2.05, 4.69) is 15.8 Å². The minimum atomic E-state index is 0.557. The summed E-state index contributed by atoms with van der Waals surface area (Å²) in [7, 11) is 1.68. The first-order valence-electron chi connectivity index (χ1n) is 8.29. The molecule has 0 atom stereocenters. The summed E-state index contributed by atoms with van der Waals surface area (Å²) in [5, 5.41) is 8.10. The number of hydrogen-bond acceptors (Lipinski definition) is 4.